The molecule has 3 rings (SSSR count). The maximum absolute atomic E-state index is 13.0. The Morgan fingerprint density at radius 1 is 1.35 bits per heavy atom. The van der Waals surface area contributed by atoms with E-state index in [0.717, 1.165) is 15.6 Å². The van der Waals surface area contributed by atoms with E-state index in [4.69, 9.17) is 0 Å². The van der Waals surface area contributed by atoms with E-state index in [1.165, 1.54) is 4.90 Å². The lowest BCUT2D eigenvalue weighted by Gasteiger charge is -2.15. The minimum atomic E-state index is -4.65. The molecule has 106 valence electrons. The van der Waals surface area contributed by atoms with Crippen molar-refractivity contribution in [1.82, 2.24) is 4.90 Å². The van der Waals surface area contributed by atoms with Crippen LogP contribution in [-0.4, -0.2) is 31.0 Å². The molecule has 1 aliphatic rings. The minimum Gasteiger partial charge on any atom is -0.337 e. The van der Waals surface area contributed by atoms with Gasteiger partial charge in [-0.2, -0.15) is 8.42 Å². The lowest BCUT2D eigenvalue weighted by molar-refractivity contribution is -0.128. The lowest BCUT2D eigenvalue weighted by Crippen LogP contribution is -2.26. The first-order valence-electron chi connectivity index (χ1n) is 6.11. The van der Waals surface area contributed by atoms with Crippen LogP contribution in [-0.2, 0) is 21.6 Å². The van der Waals surface area contributed by atoms with Crippen molar-refractivity contribution < 1.29 is 17.1 Å². The van der Waals surface area contributed by atoms with Crippen molar-refractivity contribution in [1.29, 1.82) is 0 Å². The van der Waals surface area contributed by atoms with Gasteiger partial charge in [0.05, 0.1) is 0 Å². The quantitative estimate of drug-likeness (QED) is 0.817. The second kappa shape index (κ2) is 4.82. The van der Waals surface area contributed by atoms with E-state index in [2.05, 4.69) is 0 Å². The van der Waals surface area contributed by atoms with Gasteiger partial charge in [0.25, 0.3) is 0 Å². The number of amides is 1. The number of thiophene rings is 1. The minimum absolute atomic E-state index is 0.0676. The maximum atomic E-state index is 13.0. The maximum Gasteiger partial charge on any atom is 0.307 e. The Morgan fingerprint density at radius 3 is 2.80 bits per heavy atom. The zero-order valence-corrected chi connectivity index (χ0v) is 12.1. The summed E-state index contributed by atoms with van der Waals surface area (Å²) >= 11 is 1.57. The van der Waals surface area contributed by atoms with Crippen LogP contribution in [0.4, 0.5) is 3.89 Å². The summed E-state index contributed by atoms with van der Waals surface area (Å²) in [5, 5.41) is 1.78. The number of benzene rings is 1. The summed E-state index contributed by atoms with van der Waals surface area (Å²) in [6, 6.07) is 7.81. The summed E-state index contributed by atoms with van der Waals surface area (Å²) in [6.07, 6.45) is -0.263. The zero-order chi connectivity index (χ0) is 14.3. The van der Waals surface area contributed by atoms with Crippen molar-refractivity contribution in [3.8, 4) is 0 Å². The van der Waals surface area contributed by atoms with Gasteiger partial charge >= 0.3 is 10.2 Å². The molecule has 1 aromatic heterocycles. The third kappa shape index (κ3) is 2.43. The van der Waals surface area contributed by atoms with Gasteiger partial charge < -0.3 is 4.90 Å². The average Bonchev–Trinajstić information content (AvgIpc) is 2.95. The number of hydrogen-bond acceptors (Lipinski definition) is 4. The molecule has 0 saturated carbocycles. The van der Waals surface area contributed by atoms with E-state index in [1.807, 2.05) is 29.6 Å². The number of likely N-dealkylation sites (tertiary alicyclic amines) is 1. The van der Waals surface area contributed by atoms with Gasteiger partial charge in [-0.15, -0.1) is 15.2 Å². The first-order chi connectivity index (χ1) is 9.45. The molecule has 1 saturated heterocycles. The Hall–Kier alpha value is -1.47. The zero-order valence-electron chi connectivity index (χ0n) is 10.5. The van der Waals surface area contributed by atoms with Gasteiger partial charge in [0, 0.05) is 24.2 Å². The molecule has 2 heterocycles. The average molecular weight is 313 g/mol. The van der Waals surface area contributed by atoms with Crippen LogP contribution >= 0.6 is 11.3 Å². The summed E-state index contributed by atoms with van der Waals surface area (Å²) in [7, 11) is -4.65. The van der Waals surface area contributed by atoms with Gasteiger partial charge in [-0.25, -0.2) is 0 Å². The van der Waals surface area contributed by atoms with Crippen molar-refractivity contribution in [2.45, 2.75) is 18.2 Å². The largest absolute Gasteiger partial charge is 0.337 e. The highest BCUT2D eigenvalue weighted by atomic mass is 32.3. The van der Waals surface area contributed by atoms with Crippen LogP contribution < -0.4 is 0 Å². The van der Waals surface area contributed by atoms with Gasteiger partial charge in [-0.05, 0) is 22.4 Å². The number of nitrogens with zero attached hydrogens (tertiary/aromatic N) is 1. The van der Waals surface area contributed by atoms with Gasteiger partial charge in [0.2, 0.25) is 5.91 Å². The Balaban J connectivity index is 1.83. The predicted octanol–water partition coefficient (Wildman–Crippen LogP) is 2.30. The second-order valence-corrected chi connectivity index (χ2v) is 7.36. The molecule has 0 N–H and O–H groups in total. The van der Waals surface area contributed by atoms with Gasteiger partial charge in [-0.1, -0.05) is 18.2 Å². The lowest BCUT2D eigenvalue weighted by atomic mass is 10.2. The normalized spacial score (nSPS) is 19.9. The third-order valence-corrected chi connectivity index (χ3v) is 5.62. The molecule has 0 aliphatic carbocycles. The van der Waals surface area contributed by atoms with E-state index >= 15 is 0 Å². The monoisotopic (exact) mass is 313 g/mol. The third-order valence-electron chi connectivity index (χ3n) is 3.50. The molecule has 1 aromatic carbocycles. The van der Waals surface area contributed by atoms with Crippen LogP contribution in [0.15, 0.2) is 29.6 Å². The first kappa shape index (κ1) is 13.5. The highest BCUT2D eigenvalue weighted by Gasteiger charge is 2.38. The summed E-state index contributed by atoms with van der Waals surface area (Å²) in [5.41, 5.74) is 0.968. The van der Waals surface area contributed by atoms with Crippen LogP contribution in [0.1, 0.15) is 12.0 Å². The number of carbonyl (C=O) groups is 1. The van der Waals surface area contributed by atoms with Crippen molar-refractivity contribution >= 4 is 37.6 Å². The van der Waals surface area contributed by atoms with Crippen molar-refractivity contribution in [2.24, 2.45) is 0 Å². The summed E-state index contributed by atoms with van der Waals surface area (Å²) in [4.78, 5) is 13.2. The molecule has 1 unspecified atom stereocenters. The van der Waals surface area contributed by atoms with E-state index in [-0.39, 0.29) is 18.9 Å². The predicted molar refractivity (Wildman–Crippen MR) is 75.7 cm³/mol. The van der Waals surface area contributed by atoms with Crippen LogP contribution in [0.3, 0.4) is 0 Å². The van der Waals surface area contributed by atoms with Gasteiger partial charge in [0.1, 0.15) is 5.25 Å². The van der Waals surface area contributed by atoms with Crippen LogP contribution in [0.25, 0.3) is 10.1 Å². The standard InChI is InChI=1S/C13H12FNO3S2/c14-20(17,18)10-5-13(16)15(7-10)6-9-8-19-12-4-2-1-3-11(9)12/h1-4,8,10H,5-7H2. The highest BCUT2D eigenvalue weighted by molar-refractivity contribution is 7.87. The van der Waals surface area contributed by atoms with E-state index in [1.54, 1.807) is 11.3 Å². The van der Waals surface area contributed by atoms with Crippen molar-refractivity contribution in [3.05, 3.63) is 35.2 Å². The molecular formula is C13H12FNO3S2. The Bertz CT molecular complexity index is 769. The number of fused-ring (bicyclic) bond motifs is 1. The highest BCUT2D eigenvalue weighted by Crippen LogP contribution is 2.29. The SMILES string of the molecule is O=C1CC(S(=O)(=O)F)CN1Cc1csc2ccccc12. The first-order valence-corrected chi connectivity index (χ1v) is 8.44. The van der Waals surface area contributed by atoms with Crippen LogP contribution in [0.5, 0.6) is 0 Å². The molecule has 2 aromatic rings. The summed E-state index contributed by atoms with van der Waals surface area (Å²) < 4.78 is 35.9. The molecule has 7 heteroatoms. The number of carbonyl (C=O) groups excluding carboxylic acids is 1. The van der Waals surface area contributed by atoms with Crippen LogP contribution in [0.2, 0.25) is 0 Å². The second-order valence-electron chi connectivity index (χ2n) is 4.83. The molecule has 1 atom stereocenters. The fourth-order valence-electron chi connectivity index (χ4n) is 2.44. The molecule has 1 aliphatic heterocycles. The number of hydrogen-bond donors (Lipinski definition) is 0. The molecule has 0 bridgehead atoms. The van der Waals surface area contributed by atoms with Crippen molar-refractivity contribution in [2.75, 3.05) is 6.54 Å². The molecule has 0 radical (unpaired) electrons. The van der Waals surface area contributed by atoms with Gasteiger partial charge in [0.15, 0.2) is 0 Å². The van der Waals surface area contributed by atoms with E-state index in [9.17, 15) is 17.1 Å². The molecule has 1 amide bonds. The molecular weight excluding hydrogens is 301 g/mol. The van der Waals surface area contributed by atoms with Gasteiger partial charge in [-0.3, -0.25) is 4.79 Å². The fourth-order valence-corrected chi connectivity index (χ4v) is 4.09. The smallest absolute Gasteiger partial charge is 0.307 e. The van der Waals surface area contributed by atoms with E-state index in [0.29, 0.717) is 6.54 Å². The Morgan fingerprint density at radius 2 is 2.10 bits per heavy atom. The molecule has 4 nitrogen and oxygen atoms in total. The topological polar surface area (TPSA) is 54.5 Å². The summed E-state index contributed by atoms with van der Waals surface area (Å²) in [6.45, 7) is 0.261. The van der Waals surface area contributed by atoms with E-state index < -0.39 is 15.5 Å². The Labute approximate surface area is 120 Å². The summed E-state index contributed by atoms with van der Waals surface area (Å²) in [5.74, 6) is -0.313. The molecule has 20 heavy (non-hydrogen) atoms. The molecule has 0 spiro atoms. The van der Waals surface area contributed by atoms with Crippen LogP contribution in [0, 0.1) is 0 Å². The van der Waals surface area contributed by atoms with Crippen molar-refractivity contribution in [3.63, 3.8) is 0 Å². The fraction of sp³-hybridized carbons (Fsp3) is 0.308. The number of rotatable bonds is 3. The number of halogens is 1. The molecule has 1 fully saturated rings. The Kier molecular flexibility index (Phi) is 3.25.